The quantitative estimate of drug-likeness (QED) is 0.617. The molecule has 0 unspecified atom stereocenters. The van der Waals surface area contributed by atoms with Crippen molar-refractivity contribution in [1.29, 1.82) is 0 Å². The van der Waals surface area contributed by atoms with Crippen molar-refractivity contribution in [1.82, 2.24) is 24.6 Å². The number of para-hydroxylation sites is 2. The number of furan rings is 1. The summed E-state index contributed by atoms with van der Waals surface area (Å²) >= 11 is 0. The number of nitrogens with zero attached hydrogens (tertiary/aromatic N) is 4. The molecule has 0 spiro atoms. The number of likely N-dealkylation sites (tertiary alicyclic amines) is 1. The van der Waals surface area contributed by atoms with E-state index in [-0.39, 0.29) is 11.9 Å². The second-order valence-electron chi connectivity index (χ2n) is 6.48. The van der Waals surface area contributed by atoms with Crippen molar-refractivity contribution in [2.75, 3.05) is 13.1 Å². The first-order valence-electron chi connectivity index (χ1n) is 8.60. The van der Waals surface area contributed by atoms with Gasteiger partial charge in [0.1, 0.15) is 5.69 Å². The number of benzene rings is 1. The zero-order valence-electron chi connectivity index (χ0n) is 14.0. The SMILES string of the molecule is O=C(c1cc(-c2ccco2)[nH]n1)N1CC[C@H](n2cnc3ccccc32)C1. The average Bonchev–Trinajstić information content (AvgIpc) is 3.47. The van der Waals surface area contributed by atoms with Gasteiger partial charge in [-0.15, -0.1) is 0 Å². The summed E-state index contributed by atoms with van der Waals surface area (Å²) in [4.78, 5) is 19.1. The summed E-state index contributed by atoms with van der Waals surface area (Å²) in [6.07, 6.45) is 4.37. The van der Waals surface area contributed by atoms with Gasteiger partial charge in [-0.1, -0.05) is 12.1 Å². The van der Waals surface area contributed by atoms with Gasteiger partial charge in [0, 0.05) is 19.2 Å². The van der Waals surface area contributed by atoms with Crippen molar-refractivity contribution in [3.8, 4) is 11.5 Å². The van der Waals surface area contributed by atoms with Crippen molar-refractivity contribution < 1.29 is 9.21 Å². The molecule has 1 amide bonds. The van der Waals surface area contributed by atoms with Crippen LogP contribution >= 0.6 is 0 Å². The number of amides is 1. The van der Waals surface area contributed by atoms with Crippen molar-refractivity contribution in [2.24, 2.45) is 0 Å². The number of hydrogen-bond acceptors (Lipinski definition) is 4. The molecule has 1 aromatic carbocycles. The van der Waals surface area contributed by atoms with Crippen LogP contribution in [0.4, 0.5) is 0 Å². The van der Waals surface area contributed by atoms with E-state index in [9.17, 15) is 4.79 Å². The lowest BCUT2D eigenvalue weighted by Gasteiger charge is -2.16. The lowest BCUT2D eigenvalue weighted by atomic mass is 10.2. The standard InChI is InChI=1S/C19H17N5O2/c25-19(16-10-15(21-22-16)18-6-3-9-26-18)23-8-7-13(11-23)24-12-20-14-4-1-2-5-17(14)24/h1-6,9-10,12-13H,7-8,11H2,(H,21,22)/t13-/m0/s1. The van der Waals surface area contributed by atoms with Gasteiger partial charge in [0.25, 0.3) is 5.91 Å². The monoisotopic (exact) mass is 347 g/mol. The molecule has 4 aromatic rings. The molecule has 3 aromatic heterocycles. The zero-order chi connectivity index (χ0) is 17.5. The maximum atomic E-state index is 12.8. The molecule has 7 nitrogen and oxygen atoms in total. The summed E-state index contributed by atoms with van der Waals surface area (Å²) in [7, 11) is 0. The van der Waals surface area contributed by atoms with Crippen molar-refractivity contribution in [2.45, 2.75) is 12.5 Å². The zero-order valence-corrected chi connectivity index (χ0v) is 14.0. The topological polar surface area (TPSA) is 80.0 Å². The van der Waals surface area contributed by atoms with Gasteiger partial charge in [-0.3, -0.25) is 9.89 Å². The van der Waals surface area contributed by atoms with Crippen LogP contribution in [0.3, 0.4) is 0 Å². The molecule has 4 heterocycles. The first-order valence-corrected chi connectivity index (χ1v) is 8.60. The van der Waals surface area contributed by atoms with Gasteiger partial charge in [-0.25, -0.2) is 4.98 Å². The smallest absolute Gasteiger partial charge is 0.274 e. The van der Waals surface area contributed by atoms with Crippen LogP contribution in [0.5, 0.6) is 0 Å². The highest BCUT2D eigenvalue weighted by Gasteiger charge is 2.30. The normalized spacial score (nSPS) is 17.2. The minimum atomic E-state index is -0.0639. The fraction of sp³-hybridized carbons (Fsp3) is 0.211. The molecule has 0 saturated carbocycles. The van der Waals surface area contributed by atoms with Crippen LogP contribution in [0.25, 0.3) is 22.5 Å². The van der Waals surface area contributed by atoms with Crippen molar-refractivity contribution in [3.05, 3.63) is 60.7 Å². The van der Waals surface area contributed by atoms with E-state index in [1.165, 1.54) is 0 Å². The van der Waals surface area contributed by atoms with Gasteiger partial charge in [0.15, 0.2) is 11.5 Å². The molecule has 1 fully saturated rings. The summed E-state index contributed by atoms with van der Waals surface area (Å²) in [5.41, 5.74) is 3.20. The third-order valence-corrected chi connectivity index (χ3v) is 4.91. The third-order valence-electron chi connectivity index (χ3n) is 4.91. The van der Waals surface area contributed by atoms with E-state index in [1.807, 2.05) is 35.5 Å². The maximum Gasteiger partial charge on any atom is 0.274 e. The van der Waals surface area contributed by atoms with Crippen LogP contribution in [0.15, 0.2) is 59.5 Å². The fourth-order valence-electron chi connectivity index (χ4n) is 3.57. The number of fused-ring (bicyclic) bond motifs is 1. The number of carbonyl (C=O) groups excluding carboxylic acids is 1. The molecular weight excluding hydrogens is 330 g/mol. The van der Waals surface area contributed by atoms with Gasteiger partial charge in [-0.2, -0.15) is 5.10 Å². The Hall–Kier alpha value is -3.35. The van der Waals surface area contributed by atoms with E-state index in [1.54, 1.807) is 18.4 Å². The van der Waals surface area contributed by atoms with E-state index in [2.05, 4.69) is 25.8 Å². The first kappa shape index (κ1) is 14.9. The van der Waals surface area contributed by atoms with E-state index in [0.717, 1.165) is 17.5 Å². The van der Waals surface area contributed by atoms with Crippen LogP contribution in [-0.4, -0.2) is 43.6 Å². The lowest BCUT2D eigenvalue weighted by Crippen LogP contribution is -2.29. The predicted octanol–water partition coefficient (Wildman–Crippen LogP) is 3.11. The van der Waals surface area contributed by atoms with Gasteiger partial charge >= 0.3 is 0 Å². The lowest BCUT2D eigenvalue weighted by molar-refractivity contribution is 0.0782. The number of carbonyl (C=O) groups is 1. The Morgan fingerprint density at radius 3 is 3.04 bits per heavy atom. The van der Waals surface area contributed by atoms with Crippen molar-refractivity contribution in [3.63, 3.8) is 0 Å². The van der Waals surface area contributed by atoms with E-state index in [0.29, 0.717) is 30.2 Å². The molecular formula is C19H17N5O2. The largest absolute Gasteiger partial charge is 0.463 e. The van der Waals surface area contributed by atoms with E-state index < -0.39 is 0 Å². The highest BCUT2D eigenvalue weighted by molar-refractivity contribution is 5.93. The molecule has 5 rings (SSSR count). The highest BCUT2D eigenvalue weighted by Crippen LogP contribution is 2.27. The first-order chi connectivity index (χ1) is 12.8. The molecule has 0 radical (unpaired) electrons. The number of H-pyrrole nitrogens is 1. The van der Waals surface area contributed by atoms with E-state index >= 15 is 0 Å². The van der Waals surface area contributed by atoms with Crippen LogP contribution in [-0.2, 0) is 0 Å². The molecule has 1 N–H and O–H groups in total. The second-order valence-corrected chi connectivity index (χ2v) is 6.48. The average molecular weight is 347 g/mol. The number of nitrogens with one attached hydrogen (secondary N) is 1. The van der Waals surface area contributed by atoms with Crippen LogP contribution in [0, 0.1) is 0 Å². The van der Waals surface area contributed by atoms with Gasteiger partial charge in [0.05, 0.1) is 29.7 Å². The Bertz CT molecular complexity index is 1060. The number of aromatic nitrogens is 4. The number of rotatable bonds is 3. The number of imidazole rings is 1. The molecule has 26 heavy (non-hydrogen) atoms. The Balaban J connectivity index is 1.35. The van der Waals surface area contributed by atoms with Gasteiger partial charge in [-0.05, 0) is 30.7 Å². The molecule has 1 aliphatic rings. The minimum absolute atomic E-state index is 0.0639. The predicted molar refractivity (Wildman–Crippen MR) is 95.6 cm³/mol. The molecule has 1 atom stereocenters. The molecule has 7 heteroatoms. The number of hydrogen-bond donors (Lipinski definition) is 1. The van der Waals surface area contributed by atoms with Gasteiger partial charge < -0.3 is 13.9 Å². The Labute approximate surface area is 149 Å². The summed E-state index contributed by atoms with van der Waals surface area (Å²) in [6, 6.07) is 13.7. The fourth-order valence-corrected chi connectivity index (χ4v) is 3.57. The van der Waals surface area contributed by atoms with Gasteiger partial charge in [0.2, 0.25) is 0 Å². The molecule has 0 bridgehead atoms. The number of aromatic amines is 1. The summed E-state index contributed by atoms with van der Waals surface area (Å²) < 4.78 is 7.51. The Kier molecular flexibility index (Phi) is 3.38. The third kappa shape index (κ3) is 2.40. The Morgan fingerprint density at radius 1 is 1.23 bits per heavy atom. The van der Waals surface area contributed by atoms with E-state index in [4.69, 9.17) is 4.42 Å². The van der Waals surface area contributed by atoms with Crippen LogP contribution < -0.4 is 0 Å². The Morgan fingerprint density at radius 2 is 2.15 bits per heavy atom. The van der Waals surface area contributed by atoms with Crippen LogP contribution in [0.1, 0.15) is 23.0 Å². The van der Waals surface area contributed by atoms with Crippen molar-refractivity contribution >= 4 is 16.9 Å². The summed E-state index contributed by atoms with van der Waals surface area (Å²) in [6.45, 7) is 1.36. The van der Waals surface area contributed by atoms with Crippen LogP contribution in [0.2, 0.25) is 0 Å². The minimum Gasteiger partial charge on any atom is -0.463 e. The maximum absolute atomic E-state index is 12.8. The second kappa shape index (κ2) is 5.87. The molecule has 1 saturated heterocycles. The molecule has 130 valence electrons. The highest BCUT2D eigenvalue weighted by atomic mass is 16.3. The summed E-state index contributed by atoms with van der Waals surface area (Å²) in [5.74, 6) is 0.603. The summed E-state index contributed by atoms with van der Waals surface area (Å²) in [5, 5.41) is 7.03. The molecule has 1 aliphatic heterocycles. The molecule has 0 aliphatic carbocycles.